The smallest absolute Gasteiger partial charge is 0.307 e. The van der Waals surface area contributed by atoms with Crippen molar-refractivity contribution in [2.24, 2.45) is 11.8 Å². The maximum absolute atomic E-state index is 12.5. The summed E-state index contributed by atoms with van der Waals surface area (Å²) in [7, 11) is 0. The highest BCUT2D eigenvalue weighted by Gasteiger charge is 2.37. The zero-order valence-electron chi connectivity index (χ0n) is 13.3. The van der Waals surface area contributed by atoms with Gasteiger partial charge in [-0.05, 0) is 18.4 Å². The Labute approximate surface area is 140 Å². The first-order valence-electron chi connectivity index (χ1n) is 8.04. The molecule has 0 heterocycles. The molecule has 1 aromatic carbocycles. The van der Waals surface area contributed by atoms with Gasteiger partial charge in [-0.15, -0.1) is 0 Å². The number of benzene rings is 1. The molecule has 7 nitrogen and oxygen atoms in total. The van der Waals surface area contributed by atoms with E-state index in [-0.39, 0.29) is 6.42 Å². The number of aliphatic carboxylic acids is 1. The molecule has 3 atom stereocenters. The van der Waals surface area contributed by atoms with Crippen LogP contribution >= 0.6 is 0 Å². The number of amides is 2. The zero-order chi connectivity index (χ0) is 17.5. The van der Waals surface area contributed by atoms with Crippen molar-refractivity contribution in [3.63, 3.8) is 0 Å². The number of carboxylic acids is 1. The maximum Gasteiger partial charge on any atom is 0.307 e. The fourth-order valence-electron chi connectivity index (χ4n) is 3.16. The summed E-state index contributed by atoms with van der Waals surface area (Å²) < 4.78 is 0. The van der Waals surface area contributed by atoms with Crippen molar-refractivity contribution in [3.8, 4) is 0 Å². The van der Waals surface area contributed by atoms with Crippen molar-refractivity contribution in [2.45, 2.75) is 38.1 Å². The minimum atomic E-state index is -0.985. The van der Waals surface area contributed by atoms with E-state index in [1.165, 1.54) is 0 Å². The van der Waals surface area contributed by atoms with Crippen LogP contribution in [-0.2, 0) is 20.8 Å². The van der Waals surface area contributed by atoms with Crippen molar-refractivity contribution in [2.75, 3.05) is 0 Å². The summed E-state index contributed by atoms with van der Waals surface area (Å²) in [5.41, 5.74) is 2.38. The minimum absolute atomic E-state index is 0.212. The summed E-state index contributed by atoms with van der Waals surface area (Å²) in [6.07, 6.45) is 2.73. The molecule has 1 aliphatic carbocycles. The largest absolute Gasteiger partial charge is 0.481 e. The molecule has 0 radical (unpaired) electrons. The molecular weight excluding hydrogens is 312 g/mol. The Morgan fingerprint density at radius 3 is 2.29 bits per heavy atom. The van der Waals surface area contributed by atoms with E-state index in [2.05, 4.69) is 5.32 Å². The topological polar surface area (TPSA) is 116 Å². The molecule has 24 heavy (non-hydrogen) atoms. The number of carboxylic acid groups (broad SMARTS) is 1. The third-order valence-electron chi connectivity index (χ3n) is 4.45. The van der Waals surface area contributed by atoms with E-state index in [4.69, 9.17) is 5.21 Å². The summed E-state index contributed by atoms with van der Waals surface area (Å²) in [6, 6.07) is 8.12. The highest BCUT2D eigenvalue weighted by molar-refractivity contribution is 5.90. The van der Waals surface area contributed by atoms with Gasteiger partial charge in [-0.3, -0.25) is 19.6 Å². The van der Waals surface area contributed by atoms with Crippen LogP contribution in [0.4, 0.5) is 0 Å². The first kappa shape index (κ1) is 17.9. The van der Waals surface area contributed by atoms with Crippen LogP contribution in [0.25, 0.3) is 0 Å². The SMILES string of the molecule is O=C(NO)C(Cc1ccccc1)NC(=O)[C@@H]1CCCC[C@@H]1C(=O)O. The van der Waals surface area contributed by atoms with Gasteiger partial charge in [0.25, 0.3) is 5.91 Å². The summed E-state index contributed by atoms with van der Waals surface area (Å²) in [4.78, 5) is 35.7. The van der Waals surface area contributed by atoms with E-state index in [0.717, 1.165) is 18.4 Å². The lowest BCUT2D eigenvalue weighted by atomic mass is 9.78. The van der Waals surface area contributed by atoms with E-state index >= 15 is 0 Å². The summed E-state index contributed by atoms with van der Waals surface area (Å²) in [5.74, 6) is -3.54. The Balaban J connectivity index is 2.08. The molecule has 0 bridgehead atoms. The van der Waals surface area contributed by atoms with Crippen molar-refractivity contribution in [1.82, 2.24) is 10.8 Å². The van der Waals surface area contributed by atoms with E-state index in [9.17, 15) is 19.5 Å². The van der Waals surface area contributed by atoms with Crippen molar-refractivity contribution in [3.05, 3.63) is 35.9 Å². The van der Waals surface area contributed by atoms with Crippen LogP contribution in [0, 0.1) is 11.8 Å². The third-order valence-corrected chi connectivity index (χ3v) is 4.45. The van der Waals surface area contributed by atoms with Crippen LogP contribution in [0.3, 0.4) is 0 Å². The molecule has 0 aromatic heterocycles. The van der Waals surface area contributed by atoms with Gasteiger partial charge >= 0.3 is 5.97 Å². The van der Waals surface area contributed by atoms with Crippen LogP contribution in [-0.4, -0.2) is 34.1 Å². The van der Waals surface area contributed by atoms with Crippen LogP contribution in [0.5, 0.6) is 0 Å². The van der Waals surface area contributed by atoms with Gasteiger partial charge in [0, 0.05) is 6.42 Å². The van der Waals surface area contributed by atoms with Gasteiger partial charge in [0.15, 0.2) is 0 Å². The Morgan fingerprint density at radius 2 is 1.71 bits per heavy atom. The fraction of sp³-hybridized carbons (Fsp3) is 0.471. The minimum Gasteiger partial charge on any atom is -0.481 e. The van der Waals surface area contributed by atoms with Gasteiger partial charge in [-0.1, -0.05) is 43.2 Å². The van der Waals surface area contributed by atoms with Gasteiger partial charge in [-0.25, -0.2) is 5.48 Å². The average molecular weight is 334 g/mol. The number of hydrogen-bond acceptors (Lipinski definition) is 4. The van der Waals surface area contributed by atoms with E-state index in [0.29, 0.717) is 12.8 Å². The molecule has 0 spiro atoms. The lowest BCUT2D eigenvalue weighted by Crippen LogP contribution is -2.50. The standard InChI is InChI=1S/C17H22N2O5/c20-15(12-8-4-5-9-13(12)17(22)23)18-14(16(21)19-24)10-11-6-2-1-3-7-11/h1-3,6-7,12-14,24H,4-5,8-10H2,(H,18,20)(H,19,21)(H,22,23)/t12-,13+,14?/m1/s1. The number of rotatable bonds is 6. The third kappa shape index (κ3) is 4.55. The maximum atomic E-state index is 12.5. The number of carbonyl (C=O) groups is 3. The highest BCUT2D eigenvalue weighted by Crippen LogP contribution is 2.30. The Morgan fingerprint density at radius 1 is 1.08 bits per heavy atom. The normalized spacial score (nSPS) is 21.5. The monoisotopic (exact) mass is 334 g/mol. The predicted octanol–water partition coefficient (Wildman–Crippen LogP) is 1.11. The molecule has 0 saturated heterocycles. The quantitative estimate of drug-likeness (QED) is 0.459. The zero-order valence-corrected chi connectivity index (χ0v) is 13.3. The molecule has 1 fully saturated rings. The van der Waals surface area contributed by atoms with Gasteiger partial charge in [0.1, 0.15) is 6.04 Å². The molecule has 1 aromatic rings. The van der Waals surface area contributed by atoms with Crippen LogP contribution < -0.4 is 10.8 Å². The van der Waals surface area contributed by atoms with Crippen molar-refractivity contribution in [1.29, 1.82) is 0 Å². The molecule has 1 unspecified atom stereocenters. The Kier molecular flexibility index (Phi) is 6.31. The molecule has 1 aliphatic rings. The Hall–Kier alpha value is -2.41. The van der Waals surface area contributed by atoms with Crippen LogP contribution in [0.15, 0.2) is 30.3 Å². The molecule has 2 amide bonds. The molecule has 7 heteroatoms. The molecular formula is C17H22N2O5. The predicted molar refractivity (Wildman–Crippen MR) is 85.1 cm³/mol. The second-order valence-electron chi connectivity index (χ2n) is 6.06. The van der Waals surface area contributed by atoms with Crippen molar-refractivity contribution < 1.29 is 24.7 Å². The highest BCUT2D eigenvalue weighted by atomic mass is 16.5. The van der Waals surface area contributed by atoms with E-state index in [1.807, 2.05) is 30.3 Å². The number of carbonyl (C=O) groups excluding carboxylic acids is 2. The molecule has 4 N–H and O–H groups in total. The number of hydroxylamine groups is 1. The Bertz CT molecular complexity index is 590. The number of nitrogens with one attached hydrogen (secondary N) is 2. The second kappa shape index (κ2) is 8.44. The van der Waals surface area contributed by atoms with Gasteiger partial charge in [0.05, 0.1) is 11.8 Å². The molecule has 2 rings (SSSR count). The first-order chi connectivity index (χ1) is 11.5. The van der Waals surface area contributed by atoms with E-state index < -0.39 is 35.7 Å². The summed E-state index contributed by atoms with van der Waals surface area (Å²) >= 11 is 0. The fourth-order valence-corrected chi connectivity index (χ4v) is 3.16. The van der Waals surface area contributed by atoms with Crippen LogP contribution in [0.2, 0.25) is 0 Å². The average Bonchev–Trinajstić information content (AvgIpc) is 2.61. The lowest BCUT2D eigenvalue weighted by molar-refractivity contribution is -0.149. The van der Waals surface area contributed by atoms with Gasteiger partial charge in [-0.2, -0.15) is 0 Å². The summed E-state index contributed by atoms with van der Waals surface area (Å²) in [5, 5.41) is 20.8. The molecule has 1 saturated carbocycles. The van der Waals surface area contributed by atoms with Gasteiger partial charge < -0.3 is 10.4 Å². The lowest BCUT2D eigenvalue weighted by Gasteiger charge is -2.29. The van der Waals surface area contributed by atoms with E-state index in [1.54, 1.807) is 5.48 Å². The number of hydrogen-bond donors (Lipinski definition) is 4. The first-order valence-corrected chi connectivity index (χ1v) is 8.04. The second-order valence-corrected chi connectivity index (χ2v) is 6.06. The molecule has 130 valence electrons. The van der Waals surface area contributed by atoms with Gasteiger partial charge in [0.2, 0.25) is 5.91 Å². The van der Waals surface area contributed by atoms with Crippen molar-refractivity contribution >= 4 is 17.8 Å². The van der Waals surface area contributed by atoms with Crippen LogP contribution in [0.1, 0.15) is 31.2 Å². The summed E-state index contributed by atoms with van der Waals surface area (Å²) in [6.45, 7) is 0. The molecule has 0 aliphatic heterocycles.